The van der Waals surface area contributed by atoms with Gasteiger partial charge in [-0.05, 0) is 43.1 Å². The number of hydrogen-bond acceptors (Lipinski definition) is 4. The van der Waals surface area contributed by atoms with Gasteiger partial charge in [-0.3, -0.25) is 14.5 Å². The molecule has 0 saturated carbocycles. The molecule has 0 radical (unpaired) electrons. The maximum Gasteiger partial charge on any atom is 0.250 e. The molecule has 3 heterocycles. The Morgan fingerprint density at radius 3 is 2.48 bits per heavy atom. The number of Topliss-reactive ketones (excluding diaryl/α,β-unsaturated/α-hetero) is 1. The quantitative estimate of drug-likeness (QED) is 0.605. The SMILES string of the molecule is COc1ccc2c(c1)[C@]1(C(=O)N2)[C@H](C(=O)c2ccccc2)[C@@H](c2ccccc2)[C@@H]2CCCN21. The first-order valence-electron chi connectivity index (χ1n) is 11.6. The lowest BCUT2D eigenvalue weighted by Crippen LogP contribution is -2.52. The molecule has 5 heteroatoms. The van der Waals surface area contributed by atoms with E-state index in [1.807, 2.05) is 66.7 Å². The molecule has 6 rings (SSSR count). The average molecular weight is 439 g/mol. The number of carbonyl (C=O) groups excluding carboxylic acids is 2. The number of fused-ring (bicyclic) bond motifs is 4. The van der Waals surface area contributed by atoms with Crippen molar-refractivity contribution in [3.63, 3.8) is 0 Å². The van der Waals surface area contributed by atoms with Crippen LogP contribution in [-0.4, -0.2) is 36.3 Å². The second-order valence-electron chi connectivity index (χ2n) is 9.18. The number of anilines is 1. The van der Waals surface area contributed by atoms with E-state index in [-0.39, 0.29) is 23.7 Å². The standard InChI is InChI=1S/C28H26N2O3/c1-33-20-14-15-22-21(17-20)28(27(32)29-22)25(26(31)19-11-6-3-7-12-19)24(18-9-4-2-5-10-18)23-13-8-16-30(23)28/h2-7,9-12,14-15,17,23-25H,8,13,16H2,1H3,(H,29,32)/t23-,24-,25-,28+/m0/s1. The molecule has 166 valence electrons. The van der Waals surface area contributed by atoms with Crippen molar-refractivity contribution >= 4 is 17.4 Å². The third-order valence-corrected chi connectivity index (χ3v) is 7.73. The lowest BCUT2D eigenvalue weighted by molar-refractivity contribution is -0.127. The highest BCUT2D eigenvalue weighted by atomic mass is 16.5. The van der Waals surface area contributed by atoms with E-state index >= 15 is 0 Å². The van der Waals surface area contributed by atoms with E-state index in [9.17, 15) is 9.59 Å². The highest BCUT2D eigenvalue weighted by Crippen LogP contribution is 2.61. The van der Waals surface area contributed by atoms with Crippen LogP contribution < -0.4 is 10.1 Å². The fourth-order valence-corrected chi connectivity index (χ4v) is 6.50. The van der Waals surface area contributed by atoms with Crippen molar-refractivity contribution in [1.82, 2.24) is 4.90 Å². The Kier molecular flexibility index (Phi) is 4.63. The van der Waals surface area contributed by atoms with Crippen molar-refractivity contribution in [2.75, 3.05) is 19.0 Å². The highest BCUT2D eigenvalue weighted by molar-refractivity contribution is 6.12. The van der Waals surface area contributed by atoms with Crippen molar-refractivity contribution in [3.8, 4) is 5.75 Å². The molecule has 0 unspecified atom stereocenters. The first kappa shape index (κ1) is 20.2. The van der Waals surface area contributed by atoms with E-state index < -0.39 is 11.5 Å². The molecular weight excluding hydrogens is 412 g/mol. The van der Waals surface area contributed by atoms with E-state index in [0.717, 1.165) is 36.2 Å². The number of nitrogens with one attached hydrogen (secondary N) is 1. The number of carbonyl (C=O) groups is 2. The highest BCUT2D eigenvalue weighted by Gasteiger charge is 2.69. The summed E-state index contributed by atoms with van der Waals surface area (Å²) < 4.78 is 5.54. The molecule has 0 aliphatic carbocycles. The predicted octanol–water partition coefficient (Wildman–Crippen LogP) is 4.60. The minimum Gasteiger partial charge on any atom is -0.497 e. The second kappa shape index (κ2) is 7.56. The average Bonchev–Trinajstić information content (AvgIpc) is 3.52. The summed E-state index contributed by atoms with van der Waals surface area (Å²) in [5.41, 5.74) is 2.33. The van der Waals surface area contributed by atoms with Crippen molar-refractivity contribution in [2.24, 2.45) is 5.92 Å². The van der Waals surface area contributed by atoms with Crippen molar-refractivity contribution in [3.05, 3.63) is 95.6 Å². The monoisotopic (exact) mass is 438 g/mol. The van der Waals surface area contributed by atoms with Gasteiger partial charge in [0.1, 0.15) is 11.3 Å². The van der Waals surface area contributed by atoms with Crippen LogP contribution in [0.2, 0.25) is 0 Å². The molecule has 3 aromatic carbocycles. The number of hydrogen-bond donors (Lipinski definition) is 1. The predicted molar refractivity (Wildman–Crippen MR) is 126 cm³/mol. The van der Waals surface area contributed by atoms with Gasteiger partial charge < -0.3 is 10.1 Å². The lowest BCUT2D eigenvalue weighted by Gasteiger charge is -2.37. The zero-order chi connectivity index (χ0) is 22.6. The van der Waals surface area contributed by atoms with Crippen LogP contribution in [0.3, 0.4) is 0 Å². The molecule has 1 spiro atoms. The number of methoxy groups -OCH3 is 1. The summed E-state index contributed by atoms with van der Waals surface area (Å²) in [6, 6.07) is 25.5. The van der Waals surface area contributed by atoms with Gasteiger partial charge in [0.25, 0.3) is 0 Å². The van der Waals surface area contributed by atoms with E-state index in [1.165, 1.54) is 0 Å². The molecule has 33 heavy (non-hydrogen) atoms. The molecule has 0 bridgehead atoms. The van der Waals surface area contributed by atoms with Crippen LogP contribution in [0.5, 0.6) is 5.75 Å². The number of rotatable bonds is 4. The van der Waals surface area contributed by atoms with Crippen LogP contribution >= 0.6 is 0 Å². The summed E-state index contributed by atoms with van der Waals surface area (Å²) in [5, 5.41) is 3.11. The summed E-state index contributed by atoms with van der Waals surface area (Å²) in [6.07, 6.45) is 1.97. The molecule has 3 aromatic rings. The smallest absolute Gasteiger partial charge is 0.250 e. The van der Waals surface area contributed by atoms with E-state index in [4.69, 9.17) is 4.74 Å². The Bertz CT molecular complexity index is 1230. The van der Waals surface area contributed by atoms with Crippen LogP contribution in [0, 0.1) is 5.92 Å². The fourth-order valence-electron chi connectivity index (χ4n) is 6.50. The van der Waals surface area contributed by atoms with Gasteiger partial charge in [0.2, 0.25) is 5.91 Å². The molecule has 1 N–H and O–H groups in total. The van der Waals surface area contributed by atoms with Gasteiger partial charge in [-0.15, -0.1) is 0 Å². The Labute approximate surface area is 193 Å². The Morgan fingerprint density at radius 1 is 1.03 bits per heavy atom. The zero-order valence-corrected chi connectivity index (χ0v) is 18.5. The molecular formula is C28H26N2O3. The Hall–Kier alpha value is -3.44. The van der Waals surface area contributed by atoms with Gasteiger partial charge in [0, 0.05) is 28.8 Å². The summed E-state index contributed by atoms with van der Waals surface area (Å²) in [7, 11) is 1.63. The number of amides is 1. The second-order valence-corrected chi connectivity index (χ2v) is 9.18. The third-order valence-electron chi connectivity index (χ3n) is 7.73. The van der Waals surface area contributed by atoms with Crippen LogP contribution in [0.4, 0.5) is 5.69 Å². The summed E-state index contributed by atoms with van der Waals surface area (Å²) in [4.78, 5) is 30.6. The van der Waals surface area contributed by atoms with Crippen LogP contribution in [0.15, 0.2) is 78.9 Å². The summed E-state index contributed by atoms with van der Waals surface area (Å²) in [5.74, 6) is -0.0188. The third kappa shape index (κ3) is 2.75. The van der Waals surface area contributed by atoms with Crippen LogP contribution in [0.25, 0.3) is 0 Å². The first-order valence-corrected chi connectivity index (χ1v) is 11.6. The van der Waals surface area contributed by atoms with Crippen molar-refractivity contribution in [2.45, 2.75) is 30.3 Å². The Morgan fingerprint density at radius 2 is 1.76 bits per heavy atom. The largest absolute Gasteiger partial charge is 0.497 e. The number of benzene rings is 3. The minimum absolute atomic E-state index is 0.0182. The van der Waals surface area contributed by atoms with E-state index in [2.05, 4.69) is 22.3 Å². The summed E-state index contributed by atoms with van der Waals surface area (Å²) in [6.45, 7) is 0.788. The molecule has 3 aliphatic heterocycles. The minimum atomic E-state index is -1.06. The molecule has 2 saturated heterocycles. The van der Waals surface area contributed by atoms with Crippen LogP contribution in [-0.2, 0) is 10.3 Å². The van der Waals surface area contributed by atoms with Gasteiger partial charge in [-0.1, -0.05) is 60.7 Å². The zero-order valence-electron chi connectivity index (χ0n) is 18.5. The fraction of sp³-hybridized carbons (Fsp3) is 0.286. The first-order chi connectivity index (χ1) is 16.2. The molecule has 2 fully saturated rings. The van der Waals surface area contributed by atoms with Gasteiger partial charge in [0.05, 0.1) is 13.0 Å². The van der Waals surface area contributed by atoms with E-state index in [1.54, 1.807) is 7.11 Å². The topological polar surface area (TPSA) is 58.6 Å². The molecule has 5 nitrogen and oxygen atoms in total. The number of ether oxygens (including phenoxy) is 1. The van der Waals surface area contributed by atoms with Gasteiger partial charge in [-0.2, -0.15) is 0 Å². The maximum absolute atomic E-state index is 14.3. The van der Waals surface area contributed by atoms with Gasteiger partial charge in [-0.25, -0.2) is 0 Å². The number of nitrogens with zero attached hydrogens (tertiary/aromatic N) is 1. The molecule has 3 aliphatic rings. The normalized spacial score (nSPS) is 27.9. The lowest BCUT2D eigenvalue weighted by atomic mass is 9.69. The molecule has 4 atom stereocenters. The van der Waals surface area contributed by atoms with Crippen LogP contribution in [0.1, 0.15) is 40.2 Å². The summed E-state index contributed by atoms with van der Waals surface area (Å²) >= 11 is 0. The molecule has 0 aromatic heterocycles. The van der Waals surface area contributed by atoms with Gasteiger partial charge >= 0.3 is 0 Å². The van der Waals surface area contributed by atoms with Crippen molar-refractivity contribution < 1.29 is 14.3 Å². The number of ketones is 1. The molecule has 1 amide bonds. The van der Waals surface area contributed by atoms with Crippen molar-refractivity contribution in [1.29, 1.82) is 0 Å². The Balaban J connectivity index is 1.63. The van der Waals surface area contributed by atoms with E-state index in [0.29, 0.717) is 11.3 Å². The maximum atomic E-state index is 14.3. The van der Waals surface area contributed by atoms with Gasteiger partial charge in [0.15, 0.2) is 5.78 Å².